The van der Waals surface area contributed by atoms with Gasteiger partial charge in [0, 0.05) is 17.3 Å². The molecule has 60 valence electrons. The second-order valence-corrected chi connectivity index (χ2v) is 5.32. The average Bonchev–Trinajstić information content (AvgIpc) is 1.56. The van der Waals surface area contributed by atoms with Gasteiger partial charge in [0.25, 0.3) is 0 Å². The fourth-order valence-corrected chi connectivity index (χ4v) is 1.64. The number of hydrogen-bond donors (Lipinski definition) is 1. The van der Waals surface area contributed by atoms with Crippen molar-refractivity contribution in [1.29, 1.82) is 0 Å². The van der Waals surface area contributed by atoms with Crippen molar-refractivity contribution < 1.29 is 0 Å². The predicted molar refractivity (Wildman–Crippen MR) is 48.6 cm³/mol. The third-order valence-corrected chi connectivity index (χ3v) is 3.00. The molecule has 1 aliphatic rings. The van der Waals surface area contributed by atoms with Gasteiger partial charge in [-0.05, 0) is 32.9 Å². The Bertz CT molecular complexity index is 102. The molecular formula is C8H17NS. The third kappa shape index (κ3) is 2.93. The fraction of sp³-hybridized carbons (Fsp3) is 1.00. The minimum atomic E-state index is 0.302. The molecule has 2 heteroatoms. The lowest BCUT2D eigenvalue weighted by Gasteiger charge is -2.29. The summed E-state index contributed by atoms with van der Waals surface area (Å²) in [6.07, 6.45) is 1.41. The second-order valence-electron chi connectivity index (χ2n) is 3.91. The van der Waals surface area contributed by atoms with Crippen molar-refractivity contribution in [1.82, 2.24) is 5.32 Å². The summed E-state index contributed by atoms with van der Waals surface area (Å²) >= 11 is 2.08. The van der Waals surface area contributed by atoms with Crippen molar-refractivity contribution in [3.63, 3.8) is 0 Å². The molecule has 1 atom stereocenters. The van der Waals surface area contributed by atoms with Crippen LogP contribution in [0.15, 0.2) is 0 Å². The van der Waals surface area contributed by atoms with E-state index in [1.54, 1.807) is 0 Å². The molecule has 0 aromatic rings. The maximum Gasteiger partial charge on any atom is 0.0180 e. The van der Waals surface area contributed by atoms with E-state index in [2.05, 4.69) is 37.8 Å². The maximum absolute atomic E-state index is 3.50. The highest BCUT2D eigenvalue weighted by molar-refractivity contribution is 8.01. The number of rotatable bonds is 2. The van der Waals surface area contributed by atoms with Crippen molar-refractivity contribution in [3.8, 4) is 0 Å². The first-order valence-corrected chi connectivity index (χ1v) is 4.99. The molecule has 10 heavy (non-hydrogen) atoms. The van der Waals surface area contributed by atoms with Crippen LogP contribution in [0.4, 0.5) is 0 Å². The minimum Gasteiger partial charge on any atom is -0.311 e. The molecule has 1 N–H and O–H groups in total. The van der Waals surface area contributed by atoms with E-state index in [4.69, 9.17) is 0 Å². The van der Waals surface area contributed by atoms with E-state index in [1.807, 2.05) is 0 Å². The van der Waals surface area contributed by atoms with E-state index >= 15 is 0 Å². The molecule has 1 fully saturated rings. The van der Waals surface area contributed by atoms with Crippen LogP contribution >= 0.6 is 11.8 Å². The summed E-state index contributed by atoms with van der Waals surface area (Å²) in [6, 6.07) is 0. The minimum absolute atomic E-state index is 0.302. The first-order chi connectivity index (χ1) is 4.58. The van der Waals surface area contributed by atoms with Crippen LogP contribution in [0.3, 0.4) is 0 Å². The zero-order valence-electron chi connectivity index (χ0n) is 7.11. The highest BCUT2D eigenvalue weighted by atomic mass is 32.2. The molecule has 0 amide bonds. The van der Waals surface area contributed by atoms with Crippen LogP contribution in [0.25, 0.3) is 0 Å². The lowest BCUT2D eigenvalue weighted by atomic mass is 10.1. The standard InChI is InChI=1S/C8H17NS/c1-8(2,3)9-6-7-4-5-10-7/h7,9H,4-6H2,1-3H3. The molecule has 0 bridgehead atoms. The summed E-state index contributed by atoms with van der Waals surface area (Å²) < 4.78 is 0. The SMILES string of the molecule is CC(C)(C)NCC1CCS1. The first-order valence-electron chi connectivity index (χ1n) is 3.94. The molecular weight excluding hydrogens is 142 g/mol. The molecule has 1 rings (SSSR count). The fourth-order valence-electron chi connectivity index (χ4n) is 0.866. The normalized spacial score (nSPS) is 26.1. The van der Waals surface area contributed by atoms with Crippen LogP contribution in [0.5, 0.6) is 0 Å². The molecule has 1 saturated heterocycles. The van der Waals surface area contributed by atoms with Gasteiger partial charge in [-0.2, -0.15) is 11.8 Å². The van der Waals surface area contributed by atoms with Gasteiger partial charge in [0.1, 0.15) is 0 Å². The number of hydrogen-bond acceptors (Lipinski definition) is 2. The van der Waals surface area contributed by atoms with E-state index in [1.165, 1.54) is 18.7 Å². The second kappa shape index (κ2) is 3.14. The molecule has 0 saturated carbocycles. The van der Waals surface area contributed by atoms with Gasteiger partial charge in [-0.3, -0.25) is 0 Å². The maximum atomic E-state index is 3.50. The highest BCUT2D eigenvalue weighted by Gasteiger charge is 2.19. The summed E-state index contributed by atoms with van der Waals surface area (Å²) in [5, 5.41) is 4.41. The number of nitrogens with one attached hydrogen (secondary N) is 1. The number of thioether (sulfide) groups is 1. The lowest BCUT2D eigenvalue weighted by molar-refractivity contribution is 0.421. The largest absolute Gasteiger partial charge is 0.311 e. The Morgan fingerprint density at radius 1 is 1.50 bits per heavy atom. The van der Waals surface area contributed by atoms with Gasteiger partial charge in [-0.25, -0.2) is 0 Å². The van der Waals surface area contributed by atoms with Gasteiger partial charge in [0.05, 0.1) is 0 Å². The van der Waals surface area contributed by atoms with Crippen LogP contribution in [0.2, 0.25) is 0 Å². The summed E-state index contributed by atoms with van der Waals surface area (Å²) in [7, 11) is 0. The zero-order valence-corrected chi connectivity index (χ0v) is 7.92. The summed E-state index contributed by atoms with van der Waals surface area (Å²) in [5.74, 6) is 1.37. The van der Waals surface area contributed by atoms with E-state index in [-0.39, 0.29) is 0 Å². The van der Waals surface area contributed by atoms with E-state index in [9.17, 15) is 0 Å². The van der Waals surface area contributed by atoms with Crippen molar-refractivity contribution in [2.45, 2.75) is 38.0 Å². The first kappa shape index (κ1) is 8.41. The summed E-state index contributed by atoms with van der Waals surface area (Å²) in [6.45, 7) is 7.84. The lowest BCUT2D eigenvalue weighted by Crippen LogP contribution is -2.41. The Balaban J connectivity index is 2.04. The van der Waals surface area contributed by atoms with Gasteiger partial charge in [-0.15, -0.1) is 0 Å². The van der Waals surface area contributed by atoms with Gasteiger partial charge in [-0.1, -0.05) is 0 Å². The Morgan fingerprint density at radius 2 is 2.10 bits per heavy atom. The van der Waals surface area contributed by atoms with Crippen molar-refractivity contribution >= 4 is 11.8 Å². The zero-order chi connectivity index (χ0) is 7.61. The summed E-state index contributed by atoms with van der Waals surface area (Å²) in [5.41, 5.74) is 0.302. The van der Waals surface area contributed by atoms with Crippen molar-refractivity contribution in [2.24, 2.45) is 0 Å². The Kier molecular flexibility index (Phi) is 2.64. The Morgan fingerprint density at radius 3 is 2.40 bits per heavy atom. The molecule has 0 aromatic heterocycles. The summed E-state index contributed by atoms with van der Waals surface area (Å²) in [4.78, 5) is 0. The monoisotopic (exact) mass is 159 g/mol. The van der Waals surface area contributed by atoms with E-state index < -0.39 is 0 Å². The molecule has 0 spiro atoms. The van der Waals surface area contributed by atoms with Gasteiger partial charge in [0.15, 0.2) is 0 Å². The van der Waals surface area contributed by atoms with E-state index in [0.717, 1.165) is 5.25 Å². The van der Waals surface area contributed by atoms with Gasteiger partial charge >= 0.3 is 0 Å². The highest BCUT2D eigenvalue weighted by Crippen LogP contribution is 2.27. The quantitative estimate of drug-likeness (QED) is 0.660. The van der Waals surface area contributed by atoms with Gasteiger partial charge < -0.3 is 5.32 Å². The van der Waals surface area contributed by atoms with Crippen LogP contribution in [-0.2, 0) is 0 Å². The molecule has 1 unspecified atom stereocenters. The predicted octanol–water partition coefficient (Wildman–Crippen LogP) is 1.88. The van der Waals surface area contributed by atoms with Crippen LogP contribution < -0.4 is 5.32 Å². The third-order valence-electron chi connectivity index (χ3n) is 1.65. The average molecular weight is 159 g/mol. The van der Waals surface area contributed by atoms with Crippen molar-refractivity contribution in [2.75, 3.05) is 12.3 Å². The van der Waals surface area contributed by atoms with Crippen LogP contribution in [0.1, 0.15) is 27.2 Å². The molecule has 0 aliphatic carbocycles. The molecule has 1 nitrogen and oxygen atoms in total. The van der Waals surface area contributed by atoms with Crippen LogP contribution in [-0.4, -0.2) is 23.1 Å². The Hall–Kier alpha value is 0.310. The molecule has 1 aliphatic heterocycles. The topological polar surface area (TPSA) is 12.0 Å². The van der Waals surface area contributed by atoms with E-state index in [0.29, 0.717) is 5.54 Å². The van der Waals surface area contributed by atoms with Gasteiger partial charge in [0.2, 0.25) is 0 Å². The van der Waals surface area contributed by atoms with Crippen molar-refractivity contribution in [3.05, 3.63) is 0 Å². The Labute approximate surface area is 68.0 Å². The van der Waals surface area contributed by atoms with Crippen LogP contribution in [0, 0.1) is 0 Å². The molecule has 0 aromatic carbocycles. The smallest absolute Gasteiger partial charge is 0.0180 e. The molecule has 1 heterocycles. The molecule has 0 radical (unpaired) electrons.